The van der Waals surface area contributed by atoms with Gasteiger partial charge in [0.2, 0.25) is 0 Å². The summed E-state index contributed by atoms with van der Waals surface area (Å²) in [5.41, 5.74) is 6.31. The number of amides is 1. The van der Waals surface area contributed by atoms with E-state index in [1.807, 2.05) is 49.6 Å². The van der Waals surface area contributed by atoms with E-state index in [9.17, 15) is 4.79 Å². The minimum absolute atomic E-state index is 0.0931. The molecule has 1 amide bonds. The van der Waals surface area contributed by atoms with E-state index in [1.54, 1.807) is 30.9 Å². The topological polar surface area (TPSA) is 80.5 Å². The predicted octanol–water partition coefficient (Wildman–Crippen LogP) is 3.12. The number of thiazole rings is 1. The SMILES string of the molecule is COc1ccccc1NCC(=O)N/N=C\c1cc(C)n(-c2nccs2)c1C. The smallest absolute Gasteiger partial charge is 0.259 e. The quantitative estimate of drug-likeness (QED) is 0.485. The first-order valence-electron chi connectivity index (χ1n) is 8.37. The summed E-state index contributed by atoms with van der Waals surface area (Å²) in [5.74, 6) is 0.439. The first kappa shape index (κ1) is 18.7. The summed E-state index contributed by atoms with van der Waals surface area (Å²) in [4.78, 5) is 16.4. The van der Waals surface area contributed by atoms with Crippen LogP contribution in [-0.4, -0.2) is 35.3 Å². The number of aryl methyl sites for hydroxylation is 1. The minimum atomic E-state index is -0.245. The van der Waals surface area contributed by atoms with Crippen LogP contribution >= 0.6 is 11.3 Å². The molecule has 140 valence electrons. The van der Waals surface area contributed by atoms with Gasteiger partial charge in [0, 0.05) is 28.5 Å². The number of carbonyl (C=O) groups excluding carboxylic acids is 1. The van der Waals surface area contributed by atoms with Crippen molar-refractivity contribution in [3.63, 3.8) is 0 Å². The maximum absolute atomic E-state index is 12.0. The summed E-state index contributed by atoms with van der Waals surface area (Å²) < 4.78 is 7.31. The molecule has 8 heteroatoms. The molecule has 0 aliphatic rings. The summed E-state index contributed by atoms with van der Waals surface area (Å²) in [7, 11) is 1.59. The van der Waals surface area contributed by atoms with Crippen molar-refractivity contribution in [1.29, 1.82) is 0 Å². The van der Waals surface area contributed by atoms with Crippen LogP contribution in [0.3, 0.4) is 0 Å². The van der Waals surface area contributed by atoms with Gasteiger partial charge in [0.25, 0.3) is 5.91 Å². The van der Waals surface area contributed by atoms with Gasteiger partial charge in [-0.25, -0.2) is 10.4 Å². The van der Waals surface area contributed by atoms with Crippen LogP contribution in [0.4, 0.5) is 5.69 Å². The van der Waals surface area contributed by atoms with E-state index in [4.69, 9.17) is 4.74 Å². The van der Waals surface area contributed by atoms with Gasteiger partial charge in [-0.2, -0.15) is 5.10 Å². The Morgan fingerprint density at radius 2 is 2.19 bits per heavy atom. The van der Waals surface area contributed by atoms with Crippen molar-refractivity contribution in [2.75, 3.05) is 19.0 Å². The second kappa shape index (κ2) is 8.50. The third kappa shape index (κ3) is 4.35. The number of rotatable bonds is 7. The van der Waals surface area contributed by atoms with Gasteiger partial charge in [0.1, 0.15) is 5.75 Å². The number of nitrogens with one attached hydrogen (secondary N) is 2. The number of carbonyl (C=O) groups is 1. The van der Waals surface area contributed by atoms with Gasteiger partial charge in [-0.15, -0.1) is 11.3 Å². The fourth-order valence-corrected chi connectivity index (χ4v) is 3.47. The monoisotopic (exact) mass is 383 g/mol. The van der Waals surface area contributed by atoms with Gasteiger partial charge in [0.05, 0.1) is 25.6 Å². The van der Waals surface area contributed by atoms with Crippen LogP contribution < -0.4 is 15.5 Å². The molecule has 2 heterocycles. The van der Waals surface area contributed by atoms with Crippen LogP contribution in [0.25, 0.3) is 5.13 Å². The summed E-state index contributed by atoms with van der Waals surface area (Å²) in [6.07, 6.45) is 3.43. The molecule has 3 aromatic rings. The molecular weight excluding hydrogens is 362 g/mol. The molecule has 0 spiro atoms. The fourth-order valence-electron chi connectivity index (χ4n) is 2.72. The highest BCUT2D eigenvalue weighted by atomic mass is 32.1. The average molecular weight is 383 g/mol. The molecule has 7 nitrogen and oxygen atoms in total. The summed E-state index contributed by atoms with van der Waals surface area (Å²) >= 11 is 1.57. The Balaban J connectivity index is 1.59. The minimum Gasteiger partial charge on any atom is -0.495 e. The van der Waals surface area contributed by atoms with Crippen LogP contribution in [0.15, 0.2) is 47.0 Å². The maximum atomic E-state index is 12.0. The van der Waals surface area contributed by atoms with Crippen molar-refractivity contribution >= 4 is 29.1 Å². The first-order valence-corrected chi connectivity index (χ1v) is 9.25. The van der Waals surface area contributed by atoms with Crippen LogP contribution in [0.2, 0.25) is 0 Å². The van der Waals surface area contributed by atoms with Crippen LogP contribution in [0, 0.1) is 13.8 Å². The zero-order valence-electron chi connectivity index (χ0n) is 15.4. The number of hydrogen-bond donors (Lipinski definition) is 2. The Hall–Kier alpha value is -3.13. The van der Waals surface area contributed by atoms with Crippen LogP contribution in [0.5, 0.6) is 5.75 Å². The fraction of sp³-hybridized carbons (Fsp3) is 0.211. The van der Waals surface area contributed by atoms with Crippen molar-refractivity contribution < 1.29 is 9.53 Å². The van der Waals surface area contributed by atoms with Crippen LogP contribution in [0.1, 0.15) is 17.0 Å². The number of para-hydroxylation sites is 2. The van der Waals surface area contributed by atoms with E-state index in [-0.39, 0.29) is 12.5 Å². The highest BCUT2D eigenvalue weighted by molar-refractivity contribution is 7.12. The van der Waals surface area contributed by atoms with Gasteiger partial charge >= 0.3 is 0 Å². The zero-order chi connectivity index (χ0) is 19.2. The van der Waals surface area contributed by atoms with E-state index < -0.39 is 0 Å². The van der Waals surface area contributed by atoms with Gasteiger partial charge in [-0.05, 0) is 32.0 Å². The predicted molar refractivity (Wildman–Crippen MR) is 108 cm³/mol. The molecule has 0 saturated heterocycles. The lowest BCUT2D eigenvalue weighted by molar-refractivity contribution is -0.119. The van der Waals surface area contributed by atoms with Crippen LogP contribution in [-0.2, 0) is 4.79 Å². The van der Waals surface area contributed by atoms with Gasteiger partial charge < -0.3 is 10.1 Å². The summed E-state index contributed by atoms with van der Waals surface area (Å²) in [5, 5.41) is 9.95. The molecule has 0 bridgehead atoms. The molecule has 0 fully saturated rings. The van der Waals surface area contributed by atoms with Crippen molar-refractivity contribution in [1.82, 2.24) is 15.0 Å². The molecule has 0 radical (unpaired) electrons. The largest absolute Gasteiger partial charge is 0.495 e. The van der Waals surface area contributed by atoms with Crippen molar-refractivity contribution in [2.45, 2.75) is 13.8 Å². The highest BCUT2D eigenvalue weighted by Gasteiger charge is 2.11. The Morgan fingerprint density at radius 3 is 2.93 bits per heavy atom. The lowest BCUT2D eigenvalue weighted by Gasteiger charge is -2.09. The van der Waals surface area contributed by atoms with Gasteiger partial charge in [-0.3, -0.25) is 9.36 Å². The third-order valence-corrected chi connectivity index (χ3v) is 4.78. The van der Waals surface area contributed by atoms with E-state index in [0.717, 1.165) is 27.8 Å². The van der Waals surface area contributed by atoms with E-state index in [1.165, 1.54) is 0 Å². The molecule has 3 rings (SSSR count). The molecule has 0 saturated carbocycles. The molecule has 2 aromatic heterocycles. The average Bonchev–Trinajstić information content (AvgIpc) is 3.28. The number of ether oxygens (including phenoxy) is 1. The second-order valence-electron chi connectivity index (χ2n) is 5.82. The van der Waals surface area contributed by atoms with Crippen molar-refractivity contribution in [3.8, 4) is 10.9 Å². The number of hydrazone groups is 1. The lowest BCUT2D eigenvalue weighted by Crippen LogP contribution is -2.26. The summed E-state index contributed by atoms with van der Waals surface area (Å²) in [6, 6.07) is 9.44. The third-order valence-electron chi connectivity index (χ3n) is 4.02. The first-order chi connectivity index (χ1) is 13.1. The molecule has 0 aliphatic heterocycles. The maximum Gasteiger partial charge on any atom is 0.259 e. The number of hydrogen-bond acceptors (Lipinski definition) is 6. The molecule has 2 N–H and O–H groups in total. The Labute approximate surface area is 161 Å². The Kier molecular flexibility index (Phi) is 5.87. The summed E-state index contributed by atoms with van der Waals surface area (Å²) in [6.45, 7) is 4.11. The Morgan fingerprint density at radius 1 is 1.37 bits per heavy atom. The molecule has 27 heavy (non-hydrogen) atoms. The number of benzene rings is 1. The highest BCUT2D eigenvalue weighted by Crippen LogP contribution is 2.22. The van der Waals surface area contributed by atoms with E-state index >= 15 is 0 Å². The number of nitrogens with zero attached hydrogens (tertiary/aromatic N) is 3. The lowest BCUT2D eigenvalue weighted by atomic mass is 10.3. The number of aromatic nitrogens is 2. The molecule has 1 aromatic carbocycles. The number of methoxy groups -OCH3 is 1. The Bertz CT molecular complexity index is 947. The van der Waals surface area contributed by atoms with Crippen molar-refractivity contribution in [3.05, 3.63) is 58.9 Å². The second-order valence-corrected chi connectivity index (χ2v) is 6.70. The number of anilines is 1. The molecular formula is C19H21N5O2S. The van der Waals surface area contributed by atoms with Gasteiger partial charge in [0.15, 0.2) is 5.13 Å². The molecule has 0 aliphatic carbocycles. The zero-order valence-corrected chi connectivity index (χ0v) is 16.2. The standard InChI is InChI=1S/C19H21N5O2S/c1-13-10-15(14(2)24(13)19-20-8-9-27-19)11-22-23-18(25)12-21-16-6-4-5-7-17(16)26-3/h4-11,21H,12H2,1-3H3,(H,23,25)/b22-11-. The van der Waals surface area contributed by atoms with E-state index in [0.29, 0.717) is 5.75 Å². The molecule has 0 atom stereocenters. The van der Waals surface area contributed by atoms with Crippen molar-refractivity contribution in [2.24, 2.45) is 5.10 Å². The molecule has 0 unspecified atom stereocenters. The normalized spacial score (nSPS) is 10.9. The van der Waals surface area contributed by atoms with E-state index in [2.05, 4.69) is 25.4 Å². The van der Waals surface area contributed by atoms with Gasteiger partial charge in [-0.1, -0.05) is 12.1 Å².